The first-order valence-corrected chi connectivity index (χ1v) is 7.11. The van der Waals surface area contributed by atoms with Crippen LogP contribution in [-0.2, 0) is 5.88 Å². The summed E-state index contributed by atoms with van der Waals surface area (Å²) < 4.78 is 6.28. The molecule has 0 aliphatic heterocycles. The molecule has 0 saturated heterocycles. The Morgan fingerprint density at radius 2 is 1.95 bits per heavy atom. The van der Waals surface area contributed by atoms with E-state index in [0.29, 0.717) is 10.2 Å². The van der Waals surface area contributed by atoms with Crippen molar-refractivity contribution in [2.75, 3.05) is 0 Å². The molecule has 2 aromatic rings. The van der Waals surface area contributed by atoms with Crippen molar-refractivity contribution >= 4 is 33.2 Å². The summed E-state index contributed by atoms with van der Waals surface area (Å²) >= 11 is 9.08. The number of ether oxygens (including phenoxy) is 1. The highest BCUT2D eigenvalue weighted by Crippen LogP contribution is 2.35. The van der Waals surface area contributed by atoms with Gasteiger partial charge in [0.25, 0.3) is 0 Å². The Morgan fingerprint density at radius 1 is 1.25 bits per heavy atom. The van der Waals surface area contributed by atoms with Gasteiger partial charge in [0.05, 0.1) is 10.8 Å². The van der Waals surface area contributed by atoms with Gasteiger partial charge in [0.2, 0.25) is 5.75 Å². The first-order chi connectivity index (χ1) is 9.51. The summed E-state index contributed by atoms with van der Waals surface area (Å²) in [5, 5.41) is 11.1. The maximum atomic E-state index is 11.1. The maximum absolute atomic E-state index is 11.1. The first-order valence-electron chi connectivity index (χ1n) is 5.78. The van der Waals surface area contributed by atoms with E-state index in [1.807, 2.05) is 19.1 Å². The molecule has 104 valence electrons. The predicted octanol–water partition coefficient (Wildman–Crippen LogP) is 5.20. The Balaban J connectivity index is 2.42. The highest BCUT2D eigenvalue weighted by molar-refractivity contribution is 9.10. The highest BCUT2D eigenvalue weighted by Gasteiger charge is 2.17. The summed E-state index contributed by atoms with van der Waals surface area (Å²) in [5.74, 6) is 0.992. The fourth-order valence-corrected chi connectivity index (χ4v) is 2.31. The van der Waals surface area contributed by atoms with Crippen molar-refractivity contribution in [1.82, 2.24) is 0 Å². The normalized spacial score (nSPS) is 10.3. The third-order valence-corrected chi connectivity index (χ3v) is 3.48. The van der Waals surface area contributed by atoms with Crippen LogP contribution in [0.5, 0.6) is 11.5 Å². The minimum atomic E-state index is -0.478. The van der Waals surface area contributed by atoms with E-state index in [0.717, 1.165) is 11.1 Å². The lowest BCUT2D eigenvalue weighted by molar-refractivity contribution is -0.385. The van der Waals surface area contributed by atoms with Crippen LogP contribution in [-0.4, -0.2) is 4.92 Å². The standard InChI is InChI=1S/C14H11BrClNO3/c1-9-2-4-13(10(6-9)8-16)20-14-5-3-11(15)7-12(14)17(18)19/h2-7H,8H2,1H3. The van der Waals surface area contributed by atoms with E-state index in [2.05, 4.69) is 15.9 Å². The van der Waals surface area contributed by atoms with Crippen molar-refractivity contribution in [1.29, 1.82) is 0 Å². The van der Waals surface area contributed by atoms with Crippen LogP contribution >= 0.6 is 27.5 Å². The molecule has 2 aromatic carbocycles. The number of benzene rings is 2. The van der Waals surface area contributed by atoms with Crippen molar-refractivity contribution in [2.45, 2.75) is 12.8 Å². The minimum Gasteiger partial charge on any atom is -0.450 e. The van der Waals surface area contributed by atoms with Crippen LogP contribution in [0.15, 0.2) is 40.9 Å². The molecular weight excluding hydrogens is 346 g/mol. The number of nitro groups is 1. The number of rotatable bonds is 4. The number of aryl methyl sites for hydroxylation is 1. The summed E-state index contributed by atoms with van der Waals surface area (Å²) in [7, 11) is 0. The van der Waals surface area contributed by atoms with Crippen molar-refractivity contribution < 1.29 is 9.66 Å². The molecule has 2 rings (SSSR count). The molecule has 0 amide bonds. The summed E-state index contributed by atoms with van der Waals surface area (Å²) in [5.41, 5.74) is 1.75. The van der Waals surface area contributed by atoms with Gasteiger partial charge in [-0.2, -0.15) is 0 Å². The zero-order chi connectivity index (χ0) is 14.7. The van der Waals surface area contributed by atoms with Crippen LogP contribution in [0.3, 0.4) is 0 Å². The lowest BCUT2D eigenvalue weighted by Crippen LogP contribution is -1.95. The molecule has 0 atom stereocenters. The van der Waals surface area contributed by atoms with Gasteiger partial charge in [-0.3, -0.25) is 10.1 Å². The fraction of sp³-hybridized carbons (Fsp3) is 0.143. The van der Waals surface area contributed by atoms with E-state index in [-0.39, 0.29) is 17.3 Å². The number of nitro benzene ring substituents is 1. The zero-order valence-electron chi connectivity index (χ0n) is 10.6. The fourth-order valence-electron chi connectivity index (χ4n) is 1.75. The van der Waals surface area contributed by atoms with Gasteiger partial charge in [-0.05, 0) is 25.1 Å². The van der Waals surface area contributed by atoms with Gasteiger partial charge in [0.1, 0.15) is 5.75 Å². The minimum absolute atomic E-state index is 0.0968. The maximum Gasteiger partial charge on any atom is 0.312 e. The Morgan fingerprint density at radius 3 is 2.60 bits per heavy atom. The molecular formula is C14H11BrClNO3. The molecule has 0 unspecified atom stereocenters. The largest absolute Gasteiger partial charge is 0.450 e. The lowest BCUT2D eigenvalue weighted by atomic mass is 10.1. The molecule has 0 aromatic heterocycles. The van der Waals surface area contributed by atoms with Crippen molar-refractivity contribution in [3.63, 3.8) is 0 Å². The number of alkyl halides is 1. The molecule has 4 nitrogen and oxygen atoms in total. The average molecular weight is 357 g/mol. The van der Waals surface area contributed by atoms with Gasteiger partial charge in [-0.15, -0.1) is 11.6 Å². The third kappa shape index (κ3) is 3.29. The first kappa shape index (κ1) is 14.8. The van der Waals surface area contributed by atoms with Gasteiger partial charge in [-0.25, -0.2) is 0 Å². The van der Waals surface area contributed by atoms with E-state index in [4.69, 9.17) is 16.3 Å². The molecule has 0 spiro atoms. The number of halogens is 2. The summed E-state index contributed by atoms with van der Waals surface area (Å²) in [6.45, 7) is 1.95. The summed E-state index contributed by atoms with van der Waals surface area (Å²) in [4.78, 5) is 10.6. The average Bonchev–Trinajstić information content (AvgIpc) is 2.42. The highest BCUT2D eigenvalue weighted by atomic mass is 79.9. The van der Waals surface area contributed by atoms with Crippen LogP contribution < -0.4 is 4.74 Å². The molecule has 0 saturated carbocycles. The van der Waals surface area contributed by atoms with Crippen LogP contribution in [0.4, 0.5) is 5.69 Å². The molecule has 0 bridgehead atoms. The van der Waals surface area contributed by atoms with Crippen LogP contribution in [0, 0.1) is 17.0 Å². The van der Waals surface area contributed by atoms with Gasteiger partial charge in [0.15, 0.2) is 0 Å². The quantitative estimate of drug-likeness (QED) is 0.430. The Kier molecular flexibility index (Phi) is 4.62. The van der Waals surface area contributed by atoms with E-state index in [1.54, 1.807) is 18.2 Å². The van der Waals surface area contributed by atoms with Crippen molar-refractivity contribution in [3.8, 4) is 11.5 Å². The van der Waals surface area contributed by atoms with E-state index in [9.17, 15) is 10.1 Å². The lowest BCUT2D eigenvalue weighted by Gasteiger charge is -2.10. The number of hydrogen-bond donors (Lipinski definition) is 0. The topological polar surface area (TPSA) is 52.4 Å². The smallest absolute Gasteiger partial charge is 0.312 e. The van der Waals surface area contributed by atoms with E-state index >= 15 is 0 Å². The van der Waals surface area contributed by atoms with E-state index in [1.165, 1.54) is 6.07 Å². The number of hydrogen-bond acceptors (Lipinski definition) is 3. The molecule has 0 radical (unpaired) electrons. The van der Waals surface area contributed by atoms with E-state index < -0.39 is 4.92 Å². The van der Waals surface area contributed by atoms with Crippen LogP contribution in [0.1, 0.15) is 11.1 Å². The Hall–Kier alpha value is -1.59. The van der Waals surface area contributed by atoms with Crippen LogP contribution in [0.25, 0.3) is 0 Å². The van der Waals surface area contributed by atoms with Gasteiger partial charge < -0.3 is 4.74 Å². The van der Waals surface area contributed by atoms with Crippen LogP contribution in [0.2, 0.25) is 0 Å². The molecule has 20 heavy (non-hydrogen) atoms. The summed E-state index contributed by atoms with van der Waals surface area (Å²) in [6, 6.07) is 10.2. The van der Waals surface area contributed by atoms with Crippen molar-refractivity contribution in [2.24, 2.45) is 0 Å². The SMILES string of the molecule is Cc1ccc(Oc2ccc(Br)cc2[N+](=O)[O-])c(CCl)c1. The molecule has 0 fully saturated rings. The molecule has 0 heterocycles. The van der Waals surface area contributed by atoms with Crippen molar-refractivity contribution in [3.05, 3.63) is 62.1 Å². The van der Waals surface area contributed by atoms with Gasteiger partial charge in [-0.1, -0.05) is 33.6 Å². The molecule has 6 heteroatoms. The number of nitrogens with zero attached hydrogens (tertiary/aromatic N) is 1. The zero-order valence-corrected chi connectivity index (χ0v) is 12.9. The Labute approximate surface area is 129 Å². The second kappa shape index (κ2) is 6.24. The predicted molar refractivity (Wildman–Crippen MR) is 81.6 cm³/mol. The van der Waals surface area contributed by atoms with Gasteiger partial charge in [0, 0.05) is 16.1 Å². The second-order valence-electron chi connectivity index (χ2n) is 4.22. The third-order valence-electron chi connectivity index (χ3n) is 2.70. The molecule has 0 N–H and O–H groups in total. The Bertz CT molecular complexity index is 661. The second-order valence-corrected chi connectivity index (χ2v) is 5.40. The monoisotopic (exact) mass is 355 g/mol. The molecule has 0 aliphatic carbocycles. The molecule has 0 aliphatic rings. The summed E-state index contributed by atoms with van der Waals surface area (Å²) in [6.07, 6.45) is 0. The van der Waals surface area contributed by atoms with Gasteiger partial charge >= 0.3 is 5.69 Å².